The molecule has 3 N–H and O–H groups in total. The molecule has 0 bridgehead atoms. The monoisotopic (exact) mass is 217 g/mol. The quantitative estimate of drug-likeness (QED) is 0.618. The molecule has 0 unspecified atom stereocenters. The largest absolute Gasteiger partial charge is 0.389 e. The first-order chi connectivity index (χ1) is 7.11. The maximum atomic E-state index is 9.83. The van der Waals surface area contributed by atoms with E-state index < -0.39 is 18.3 Å². The average Bonchev–Trinajstić information content (AvgIpc) is 2.23. The third-order valence-electron chi connectivity index (χ3n) is 3.25. The van der Waals surface area contributed by atoms with Crippen LogP contribution in [0.5, 0.6) is 0 Å². The number of aliphatic hydroxyl groups is 3. The molecule has 1 aliphatic rings. The van der Waals surface area contributed by atoms with E-state index in [9.17, 15) is 15.3 Å². The van der Waals surface area contributed by atoms with Crippen LogP contribution in [0.3, 0.4) is 0 Å². The molecule has 0 aromatic heterocycles. The van der Waals surface area contributed by atoms with E-state index in [4.69, 9.17) is 0 Å². The maximum absolute atomic E-state index is 9.83. The average molecular weight is 217 g/mol. The zero-order valence-corrected chi connectivity index (χ0v) is 9.63. The zero-order valence-electron chi connectivity index (χ0n) is 9.63. The lowest BCUT2D eigenvalue weighted by atomic mass is 9.92. The summed E-state index contributed by atoms with van der Waals surface area (Å²) in [6, 6.07) is -0.0186. The highest BCUT2D eigenvalue weighted by Crippen LogP contribution is 2.21. The number of piperidine rings is 1. The number of rotatable bonds is 4. The highest BCUT2D eigenvalue weighted by Gasteiger charge is 2.39. The van der Waals surface area contributed by atoms with Crippen LogP contribution in [0.2, 0.25) is 0 Å². The topological polar surface area (TPSA) is 63.9 Å². The highest BCUT2D eigenvalue weighted by atomic mass is 16.4. The van der Waals surface area contributed by atoms with Crippen LogP contribution < -0.4 is 0 Å². The van der Waals surface area contributed by atoms with Crippen molar-refractivity contribution in [1.29, 1.82) is 0 Å². The first kappa shape index (κ1) is 12.9. The van der Waals surface area contributed by atoms with E-state index in [0.29, 0.717) is 6.54 Å². The van der Waals surface area contributed by atoms with Gasteiger partial charge in [0, 0.05) is 12.6 Å². The Kier molecular flexibility index (Phi) is 4.99. The van der Waals surface area contributed by atoms with Gasteiger partial charge in [-0.1, -0.05) is 20.3 Å². The highest BCUT2D eigenvalue weighted by molar-refractivity contribution is 4.93. The Hall–Kier alpha value is -0.160. The van der Waals surface area contributed by atoms with Gasteiger partial charge in [-0.15, -0.1) is 0 Å². The van der Waals surface area contributed by atoms with Crippen molar-refractivity contribution in [1.82, 2.24) is 4.90 Å². The summed E-state index contributed by atoms with van der Waals surface area (Å²) in [6.07, 6.45) is 0.325. The van der Waals surface area contributed by atoms with E-state index in [0.717, 1.165) is 25.8 Å². The summed E-state index contributed by atoms with van der Waals surface area (Å²) < 4.78 is 0. The van der Waals surface area contributed by atoms with E-state index in [1.165, 1.54) is 0 Å². The molecule has 0 aliphatic carbocycles. The lowest BCUT2D eigenvalue weighted by Crippen LogP contribution is -2.61. The maximum Gasteiger partial charge on any atom is 0.108 e. The Morgan fingerprint density at radius 1 is 1.13 bits per heavy atom. The molecule has 1 heterocycles. The summed E-state index contributed by atoms with van der Waals surface area (Å²) in [7, 11) is 0. The smallest absolute Gasteiger partial charge is 0.108 e. The van der Waals surface area contributed by atoms with Gasteiger partial charge in [0.1, 0.15) is 6.10 Å². The number of nitrogens with zero attached hydrogens (tertiary/aromatic N) is 1. The lowest BCUT2D eigenvalue weighted by Gasteiger charge is -2.43. The molecule has 4 atom stereocenters. The van der Waals surface area contributed by atoms with Crippen LogP contribution in [0.4, 0.5) is 0 Å². The van der Waals surface area contributed by atoms with Gasteiger partial charge in [0.15, 0.2) is 0 Å². The molecule has 4 nitrogen and oxygen atoms in total. The summed E-state index contributed by atoms with van der Waals surface area (Å²) in [4.78, 5) is 2.09. The van der Waals surface area contributed by atoms with Crippen LogP contribution in [0, 0.1) is 0 Å². The summed E-state index contributed by atoms with van der Waals surface area (Å²) in [5, 5.41) is 29.0. The molecule has 90 valence electrons. The molecular weight excluding hydrogens is 194 g/mol. The minimum atomic E-state index is -0.993. The second-order valence-corrected chi connectivity index (χ2v) is 4.37. The van der Waals surface area contributed by atoms with Gasteiger partial charge in [-0.2, -0.15) is 0 Å². The van der Waals surface area contributed by atoms with Crippen molar-refractivity contribution in [3.05, 3.63) is 0 Å². The van der Waals surface area contributed by atoms with Gasteiger partial charge < -0.3 is 15.3 Å². The fourth-order valence-electron chi connectivity index (χ4n) is 2.27. The van der Waals surface area contributed by atoms with E-state index in [2.05, 4.69) is 11.8 Å². The number of likely N-dealkylation sites (tertiary alicyclic amines) is 1. The molecule has 0 amide bonds. The van der Waals surface area contributed by atoms with Crippen LogP contribution in [0.15, 0.2) is 0 Å². The Balaban J connectivity index is 2.60. The summed E-state index contributed by atoms with van der Waals surface area (Å²) in [5.74, 6) is 0. The lowest BCUT2D eigenvalue weighted by molar-refractivity contribution is -0.137. The Morgan fingerprint density at radius 2 is 1.80 bits per heavy atom. The van der Waals surface area contributed by atoms with Gasteiger partial charge in [0.05, 0.1) is 12.2 Å². The number of unbranched alkanes of at least 4 members (excludes halogenated alkanes) is 1. The molecule has 0 spiro atoms. The standard InChI is InChI=1S/C11H23NO3/c1-3-5-6-12-7-9(13)11(15)10(14)8(12)4-2/h8-11,13-15H,3-7H2,1-2H3/t8-,9-,10+,11+/m0/s1. The van der Waals surface area contributed by atoms with Crippen LogP contribution >= 0.6 is 0 Å². The Labute approximate surface area is 91.5 Å². The number of hydrogen-bond donors (Lipinski definition) is 3. The van der Waals surface area contributed by atoms with Crippen molar-refractivity contribution in [2.75, 3.05) is 13.1 Å². The molecule has 0 radical (unpaired) electrons. The van der Waals surface area contributed by atoms with E-state index in [1.54, 1.807) is 0 Å². The molecule has 0 aromatic rings. The first-order valence-corrected chi connectivity index (χ1v) is 5.90. The van der Waals surface area contributed by atoms with Crippen molar-refractivity contribution in [3.63, 3.8) is 0 Å². The molecule has 1 fully saturated rings. The van der Waals surface area contributed by atoms with E-state index in [1.807, 2.05) is 6.92 Å². The second-order valence-electron chi connectivity index (χ2n) is 4.37. The molecule has 4 heteroatoms. The predicted molar refractivity (Wildman–Crippen MR) is 58.6 cm³/mol. The minimum absolute atomic E-state index is 0.0186. The molecule has 1 rings (SSSR count). The third kappa shape index (κ3) is 2.91. The van der Waals surface area contributed by atoms with Gasteiger partial charge in [-0.25, -0.2) is 0 Å². The molecule has 0 saturated carbocycles. The van der Waals surface area contributed by atoms with Gasteiger partial charge >= 0.3 is 0 Å². The fourth-order valence-corrected chi connectivity index (χ4v) is 2.27. The van der Waals surface area contributed by atoms with Crippen LogP contribution in [0.25, 0.3) is 0 Å². The molecule has 0 aromatic carbocycles. The molecular formula is C11H23NO3. The van der Waals surface area contributed by atoms with E-state index in [-0.39, 0.29) is 6.04 Å². The van der Waals surface area contributed by atoms with Gasteiger partial charge in [-0.05, 0) is 19.4 Å². The van der Waals surface area contributed by atoms with Gasteiger partial charge in [0.2, 0.25) is 0 Å². The van der Waals surface area contributed by atoms with Crippen LogP contribution in [0.1, 0.15) is 33.1 Å². The number of aliphatic hydroxyl groups excluding tert-OH is 3. The fraction of sp³-hybridized carbons (Fsp3) is 1.00. The second kappa shape index (κ2) is 5.80. The zero-order chi connectivity index (χ0) is 11.4. The number of β-amino-alcohol motifs (C(OH)–C–C–N with tert-alkyl or cyclic N) is 1. The van der Waals surface area contributed by atoms with Gasteiger partial charge in [-0.3, -0.25) is 4.90 Å². The van der Waals surface area contributed by atoms with Crippen LogP contribution in [-0.4, -0.2) is 57.7 Å². The molecule has 1 aliphatic heterocycles. The number of hydrogen-bond acceptors (Lipinski definition) is 4. The summed E-state index contributed by atoms with van der Waals surface area (Å²) in [6.45, 7) is 5.47. The SMILES string of the molecule is CCCCN1C[C@H](O)[C@@H](O)[C@H](O)[C@@H]1CC. The molecule has 1 saturated heterocycles. The summed E-state index contributed by atoms with van der Waals surface area (Å²) in [5.41, 5.74) is 0. The van der Waals surface area contributed by atoms with Crippen LogP contribution in [-0.2, 0) is 0 Å². The third-order valence-corrected chi connectivity index (χ3v) is 3.25. The molecule has 15 heavy (non-hydrogen) atoms. The van der Waals surface area contributed by atoms with Gasteiger partial charge in [0.25, 0.3) is 0 Å². The predicted octanol–water partition coefficient (Wildman–Crippen LogP) is -0.0366. The van der Waals surface area contributed by atoms with Crippen molar-refractivity contribution in [2.24, 2.45) is 0 Å². The van der Waals surface area contributed by atoms with Crippen molar-refractivity contribution in [3.8, 4) is 0 Å². The first-order valence-electron chi connectivity index (χ1n) is 5.90. The van der Waals surface area contributed by atoms with Crippen molar-refractivity contribution < 1.29 is 15.3 Å². The van der Waals surface area contributed by atoms with Crippen molar-refractivity contribution >= 4 is 0 Å². The Morgan fingerprint density at radius 3 is 2.33 bits per heavy atom. The van der Waals surface area contributed by atoms with Crippen molar-refractivity contribution in [2.45, 2.75) is 57.5 Å². The normalized spacial score (nSPS) is 38.2. The Bertz CT molecular complexity index is 189. The summed E-state index contributed by atoms with van der Waals surface area (Å²) >= 11 is 0. The minimum Gasteiger partial charge on any atom is -0.389 e. The van der Waals surface area contributed by atoms with E-state index >= 15 is 0 Å².